The number of ether oxygens (including phenoxy) is 1. The third-order valence-corrected chi connectivity index (χ3v) is 5.26. The van der Waals surface area contributed by atoms with Crippen molar-refractivity contribution in [2.24, 2.45) is 5.92 Å². The zero-order valence-electron chi connectivity index (χ0n) is 16.1. The van der Waals surface area contributed by atoms with Crippen LogP contribution in [0.5, 0.6) is 0 Å². The van der Waals surface area contributed by atoms with Gasteiger partial charge < -0.3 is 25.6 Å². The van der Waals surface area contributed by atoms with Crippen LogP contribution in [0, 0.1) is 5.92 Å². The Labute approximate surface area is 178 Å². The fraction of sp³-hybridized carbons (Fsp3) is 0.526. The van der Waals surface area contributed by atoms with Gasteiger partial charge in [-0.15, -0.1) is 0 Å². The number of amides is 2. The first-order valence-corrected chi connectivity index (χ1v) is 9.85. The summed E-state index contributed by atoms with van der Waals surface area (Å²) in [5.41, 5.74) is -1.13. The predicted octanol–water partition coefficient (Wildman–Crippen LogP) is 0.945. The molecule has 2 unspecified atom stereocenters. The number of hydrogen-bond acceptors (Lipinski definition) is 6. The molecule has 0 aliphatic carbocycles. The molecule has 1 aliphatic rings. The third kappa shape index (κ3) is 5.90. The second-order valence-corrected chi connectivity index (χ2v) is 8.15. The van der Waals surface area contributed by atoms with Crippen molar-refractivity contribution in [2.75, 3.05) is 19.8 Å². The van der Waals surface area contributed by atoms with E-state index in [0.29, 0.717) is 6.42 Å². The number of Topliss-reactive ketones (excluding diaryl/α,β-unsaturated/α-hetero) is 1. The van der Waals surface area contributed by atoms with Crippen molar-refractivity contribution in [3.8, 4) is 0 Å². The van der Waals surface area contributed by atoms with Crippen LogP contribution in [0.1, 0.15) is 30.6 Å². The van der Waals surface area contributed by atoms with E-state index in [-0.39, 0.29) is 28.1 Å². The number of benzene rings is 1. The van der Waals surface area contributed by atoms with Crippen molar-refractivity contribution in [1.29, 1.82) is 0 Å². The summed E-state index contributed by atoms with van der Waals surface area (Å²) in [7, 11) is 0. The molecule has 0 aromatic heterocycles. The van der Waals surface area contributed by atoms with E-state index in [9.17, 15) is 24.6 Å². The number of halogens is 2. The Balaban J connectivity index is 2.08. The van der Waals surface area contributed by atoms with Crippen LogP contribution in [-0.2, 0) is 14.3 Å². The fourth-order valence-corrected chi connectivity index (χ4v) is 3.06. The van der Waals surface area contributed by atoms with Gasteiger partial charge in [0.05, 0.1) is 35.9 Å². The number of rotatable bonds is 10. The molecule has 1 aromatic carbocycles. The number of aliphatic hydroxyl groups is 2. The monoisotopic (exact) mass is 446 g/mol. The average Bonchev–Trinajstić information content (AvgIpc) is 3.47. The summed E-state index contributed by atoms with van der Waals surface area (Å²) in [5, 5.41) is 24.4. The third-order valence-electron chi connectivity index (χ3n) is 4.52. The fourth-order valence-electron chi connectivity index (χ4n) is 2.76. The molecule has 160 valence electrons. The van der Waals surface area contributed by atoms with E-state index in [1.54, 1.807) is 0 Å². The Kier molecular flexibility index (Phi) is 8.02. The number of carbonyl (C=O) groups is 3. The molecule has 1 fully saturated rings. The molecule has 4 N–H and O–H groups in total. The minimum Gasteiger partial charge on any atom is -0.394 e. The maximum atomic E-state index is 12.7. The van der Waals surface area contributed by atoms with E-state index >= 15 is 0 Å². The average molecular weight is 447 g/mol. The second-order valence-electron chi connectivity index (χ2n) is 7.33. The van der Waals surface area contributed by atoms with Gasteiger partial charge in [-0.1, -0.05) is 37.0 Å². The Hall–Kier alpha value is -1.71. The van der Waals surface area contributed by atoms with E-state index < -0.39 is 48.5 Å². The highest BCUT2D eigenvalue weighted by Crippen LogP contribution is 2.30. The van der Waals surface area contributed by atoms with Crippen LogP contribution in [0.4, 0.5) is 0 Å². The normalized spacial score (nSPS) is 20.1. The summed E-state index contributed by atoms with van der Waals surface area (Å²) in [5.74, 6) is -1.73. The molecule has 29 heavy (non-hydrogen) atoms. The van der Waals surface area contributed by atoms with E-state index in [2.05, 4.69) is 10.6 Å². The molecule has 2 amide bonds. The van der Waals surface area contributed by atoms with Crippen molar-refractivity contribution in [3.05, 3.63) is 33.8 Å². The summed E-state index contributed by atoms with van der Waals surface area (Å²) < 4.78 is 5.09. The van der Waals surface area contributed by atoms with Crippen LogP contribution in [0.2, 0.25) is 10.0 Å². The van der Waals surface area contributed by atoms with Gasteiger partial charge in [0, 0.05) is 5.56 Å². The first-order chi connectivity index (χ1) is 13.6. The molecule has 0 saturated carbocycles. The van der Waals surface area contributed by atoms with Crippen LogP contribution in [0.15, 0.2) is 18.2 Å². The molecule has 8 nitrogen and oxygen atoms in total. The summed E-state index contributed by atoms with van der Waals surface area (Å²) >= 11 is 11.7. The van der Waals surface area contributed by atoms with Gasteiger partial charge in [-0.3, -0.25) is 14.4 Å². The van der Waals surface area contributed by atoms with Crippen molar-refractivity contribution in [3.63, 3.8) is 0 Å². The number of nitrogens with one attached hydrogen (secondary N) is 2. The maximum absolute atomic E-state index is 12.7. The zero-order chi connectivity index (χ0) is 21.8. The van der Waals surface area contributed by atoms with Gasteiger partial charge in [0.15, 0.2) is 11.4 Å². The number of carbonyl (C=O) groups excluding carboxylic acids is 3. The van der Waals surface area contributed by atoms with Gasteiger partial charge in [0.2, 0.25) is 5.91 Å². The van der Waals surface area contributed by atoms with Crippen molar-refractivity contribution < 1.29 is 29.3 Å². The Morgan fingerprint density at radius 2 is 1.79 bits per heavy atom. The van der Waals surface area contributed by atoms with Gasteiger partial charge in [-0.2, -0.15) is 0 Å². The summed E-state index contributed by atoms with van der Waals surface area (Å²) in [6, 6.07) is 1.99. The van der Waals surface area contributed by atoms with Gasteiger partial charge in [0.25, 0.3) is 5.91 Å². The number of epoxide rings is 1. The summed E-state index contributed by atoms with van der Waals surface area (Å²) in [6.45, 7) is 2.68. The number of ketones is 1. The maximum Gasteiger partial charge on any atom is 0.252 e. The van der Waals surface area contributed by atoms with Gasteiger partial charge in [0.1, 0.15) is 6.04 Å². The molecule has 1 heterocycles. The zero-order valence-corrected chi connectivity index (χ0v) is 17.6. The quantitative estimate of drug-likeness (QED) is 0.396. The molecule has 0 spiro atoms. The lowest BCUT2D eigenvalue weighted by atomic mass is 9.92. The minimum atomic E-state index is -1.29. The Morgan fingerprint density at radius 3 is 2.28 bits per heavy atom. The minimum absolute atomic E-state index is 0.0668. The van der Waals surface area contributed by atoms with Crippen molar-refractivity contribution in [1.82, 2.24) is 10.6 Å². The van der Waals surface area contributed by atoms with E-state index in [4.69, 9.17) is 27.9 Å². The van der Waals surface area contributed by atoms with Crippen LogP contribution in [0.3, 0.4) is 0 Å². The molecule has 10 heteroatoms. The van der Waals surface area contributed by atoms with Crippen LogP contribution in [0.25, 0.3) is 0 Å². The molecule has 0 radical (unpaired) electrons. The standard InChI is InChI=1S/C19H24Cl2N2O6/c1-10(2)5-14(16(26)19(8-25)9-29-19)22-18(28)15(7-24)23-17(27)11-3-4-12(20)13(21)6-11/h3-4,6,10,14-15,24-25H,5,7-9H2,1-2H3,(H,22,28)(H,23,27)/t14?,15-,19?/m0/s1. The number of hydrogen-bond donors (Lipinski definition) is 4. The first-order valence-electron chi connectivity index (χ1n) is 9.09. The number of aliphatic hydroxyl groups excluding tert-OH is 2. The molecule has 3 atom stereocenters. The largest absolute Gasteiger partial charge is 0.394 e. The Bertz CT molecular complexity index is 782. The van der Waals surface area contributed by atoms with Crippen molar-refractivity contribution >= 4 is 40.8 Å². The lowest BCUT2D eigenvalue weighted by Crippen LogP contribution is -2.55. The van der Waals surface area contributed by atoms with E-state index in [0.717, 1.165) is 0 Å². The van der Waals surface area contributed by atoms with Gasteiger partial charge in [-0.05, 0) is 30.5 Å². The topological polar surface area (TPSA) is 128 Å². The van der Waals surface area contributed by atoms with Crippen LogP contribution >= 0.6 is 23.2 Å². The lowest BCUT2D eigenvalue weighted by Gasteiger charge is -2.24. The first kappa shape index (κ1) is 23.6. The molecule has 1 aromatic rings. The summed E-state index contributed by atoms with van der Waals surface area (Å²) in [6.07, 6.45) is 0.314. The SMILES string of the molecule is CC(C)CC(NC(=O)[C@H](CO)NC(=O)c1ccc(Cl)c(Cl)c1)C(=O)C1(CO)CO1. The van der Waals surface area contributed by atoms with Crippen LogP contribution < -0.4 is 10.6 Å². The predicted molar refractivity (Wildman–Crippen MR) is 107 cm³/mol. The highest BCUT2D eigenvalue weighted by atomic mass is 35.5. The lowest BCUT2D eigenvalue weighted by molar-refractivity contribution is -0.133. The smallest absolute Gasteiger partial charge is 0.252 e. The van der Waals surface area contributed by atoms with Crippen LogP contribution in [-0.4, -0.2) is 65.3 Å². The van der Waals surface area contributed by atoms with Gasteiger partial charge >= 0.3 is 0 Å². The second kappa shape index (κ2) is 9.86. The van der Waals surface area contributed by atoms with E-state index in [1.165, 1.54) is 18.2 Å². The highest BCUT2D eigenvalue weighted by molar-refractivity contribution is 6.42. The Morgan fingerprint density at radius 1 is 1.14 bits per heavy atom. The molecule has 1 saturated heterocycles. The van der Waals surface area contributed by atoms with E-state index in [1.807, 2.05) is 13.8 Å². The molecule has 0 bridgehead atoms. The molecule has 2 rings (SSSR count). The molecule has 1 aliphatic heterocycles. The van der Waals surface area contributed by atoms with Crippen molar-refractivity contribution in [2.45, 2.75) is 38.0 Å². The van der Waals surface area contributed by atoms with Gasteiger partial charge in [-0.25, -0.2) is 0 Å². The molecular formula is C19H24Cl2N2O6. The highest BCUT2D eigenvalue weighted by Gasteiger charge is 2.54. The summed E-state index contributed by atoms with van der Waals surface area (Å²) in [4.78, 5) is 37.7. The molecular weight excluding hydrogens is 423 g/mol.